The molecule has 0 N–H and O–H groups in total. The third-order valence-electron chi connectivity index (χ3n) is 12.2. The van der Waals surface area contributed by atoms with Crippen molar-refractivity contribution in [1.29, 1.82) is 0 Å². The number of hydrogen-bond donors (Lipinski definition) is 0. The third-order valence-corrected chi connectivity index (χ3v) is 12.2. The van der Waals surface area contributed by atoms with Crippen LogP contribution >= 0.6 is 0 Å². The molecular formula is C56H55AlN4. The van der Waals surface area contributed by atoms with Gasteiger partial charge in [0.2, 0.25) is 0 Å². The van der Waals surface area contributed by atoms with Crippen LogP contribution in [0.15, 0.2) is 140 Å². The van der Waals surface area contributed by atoms with E-state index in [1.165, 1.54) is 83.5 Å². The Morgan fingerprint density at radius 1 is 0.328 bits per heavy atom. The van der Waals surface area contributed by atoms with E-state index in [4.69, 9.17) is 20.0 Å². The second kappa shape index (κ2) is 15.8. The molecule has 5 aliphatic heterocycles. The summed E-state index contributed by atoms with van der Waals surface area (Å²) in [7, 11) is 0. The van der Waals surface area contributed by atoms with Gasteiger partial charge < -0.3 is 0 Å². The summed E-state index contributed by atoms with van der Waals surface area (Å²) in [5, 5.41) is 0. The third kappa shape index (κ3) is 7.45. The van der Waals surface area contributed by atoms with Gasteiger partial charge in [0, 0.05) is 22.3 Å². The summed E-state index contributed by atoms with van der Waals surface area (Å²) in [6.07, 6.45) is 16.9. The Bertz CT molecular complexity index is 2970. The number of rotatable bonds is 4. The molecule has 302 valence electrons. The average Bonchev–Trinajstić information content (AvgIpc) is 3.94. The number of hydrogen-bond acceptors (Lipinski definition) is 4. The second-order valence-electron chi connectivity index (χ2n) is 17.5. The highest BCUT2D eigenvalue weighted by Crippen LogP contribution is 2.50. The predicted octanol–water partition coefficient (Wildman–Crippen LogP) is 12.2. The molecule has 4 nitrogen and oxygen atoms in total. The van der Waals surface area contributed by atoms with Crippen LogP contribution in [0.4, 0.5) is 0 Å². The van der Waals surface area contributed by atoms with E-state index in [2.05, 4.69) is 174 Å². The normalized spacial score (nSPS) is 16.6. The minimum Gasteiger partial charge on any atom is -0.249 e. The number of benzene rings is 4. The lowest BCUT2D eigenvalue weighted by Gasteiger charge is -2.24. The largest absolute Gasteiger partial charge is 0.249 e. The van der Waals surface area contributed by atoms with Crippen LogP contribution in [0.2, 0.25) is 0 Å². The fourth-order valence-corrected chi connectivity index (χ4v) is 10.4. The quantitative estimate of drug-likeness (QED) is 0.184. The van der Waals surface area contributed by atoms with Crippen molar-refractivity contribution in [2.75, 3.05) is 0 Å². The van der Waals surface area contributed by atoms with Gasteiger partial charge in [-0.1, -0.05) is 70.8 Å². The summed E-state index contributed by atoms with van der Waals surface area (Å²) in [6, 6.07) is 18.5. The summed E-state index contributed by atoms with van der Waals surface area (Å²) in [6.45, 7) is 26.7. The fourth-order valence-electron chi connectivity index (χ4n) is 10.4. The van der Waals surface area contributed by atoms with E-state index < -0.39 is 0 Å². The van der Waals surface area contributed by atoms with Crippen molar-refractivity contribution in [3.63, 3.8) is 0 Å². The molecule has 5 heterocycles. The number of nitrogens with zero attached hydrogens (tertiary/aromatic N) is 4. The average molecular weight is 811 g/mol. The summed E-state index contributed by atoms with van der Waals surface area (Å²) < 4.78 is 0. The molecule has 0 aliphatic carbocycles. The monoisotopic (exact) mass is 810 g/mol. The van der Waals surface area contributed by atoms with E-state index in [0.717, 1.165) is 73.5 Å². The van der Waals surface area contributed by atoms with E-state index in [1.54, 1.807) is 0 Å². The smallest absolute Gasteiger partial charge is 0.187 e. The van der Waals surface area contributed by atoms with Crippen LogP contribution in [0.1, 0.15) is 89.0 Å². The fraction of sp³-hybridized carbons (Fsp3) is 0.214. The first-order valence-corrected chi connectivity index (χ1v) is 21.0. The first kappa shape index (κ1) is 41.7. The molecule has 0 spiro atoms. The maximum absolute atomic E-state index is 5.93. The van der Waals surface area contributed by atoms with Crippen molar-refractivity contribution in [1.82, 2.24) is 0 Å². The zero-order chi connectivity index (χ0) is 42.3. The lowest BCUT2D eigenvalue weighted by Crippen LogP contribution is -2.12. The van der Waals surface area contributed by atoms with Crippen molar-refractivity contribution in [3.8, 4) is 0 Å². The van der Waals surface area contributed by atoms with E-state index in [-0.39, 0.29) is 17.4 Å². The zero-order valence-electron chi connectivity index (χ0n) is 37.0. The molecule has 4 aromatic carbocycles. The SMILES string of the molecule is Cc1cc(C)c(C2=CC3=CC4=NC(=CC5=NC(=CC6=NC(=C(c7c(C)cc(C)cc7C)C2=N3)C(c2c(C)cc(C)cc2C)=C6c2c(C)cc(C)cc2C)C=C5)C=C4)c(C)c1.[AlH3]. The molecule has 5 heteroatoms. The van der Waals surface area contributed by atoms with Crippen LogP contribution in [0.3, 0.4) is 0 Å². The van der Waals surface area contributed by atoms with Crippen molar-refractivity contribution >= 4 is 62.5 Å². The lowest BCUT2D eigenvalue weighted by molar-refractivity contribution is 1.27. The standard InChI is InChI=1S/C56H52N4.Al.3H/c1-29-17-33(5)48(34(6)18-29)46-27-45-26-43-14-13-41(57-43)25-42-15-16-44(58-42)28-47-52(49-35(7)19-30(2)20-36(49)8)53(50-37(9)21-31(3)22-38(50)10)56(60-47)54(55(46)59-45)51-39(11)23-32(4)24-40(51)12;;;;/h13-28H,1-12H3;;;;. The highest BCUT2D eigenvalue weighted by molar-refractivity contribution is 6.51. The van der Waals surface area contributed by atoms with Crippen LogP contribution < -0.4 is 0 Å². The molecule has 0 radical (unpaired) electrons. The molecule has 0 unspecified atom stereocenters. The number of aryl methyl sites for hydroxylation is 12. The van der Waals surface area contributed by atoms with Crippen molar-refractivity contribution in [3.05, 3.63) is 209 Å². The topological polar surface area (TPSA) is 49.4 Å². The Balaban J connectivity index is 0.00000514. The zero-order valence-corrected chi connectivity index (χ0v) is 37.0. The summed E-state index contributed by atoms with van der Waals surface area (Å²) in [5.41, 5.74) is 30.8. The van der Waals surface area contributed by atoms with E-state index in [1.807, 2.05) is 6.08 Å². The van der Waals surface area contributed by atoms with Gasteiger partial charge in [0.1, 0.15) is 0 Å². The number of allylic oxidation sites excluding steroid dienone is 12. The van der Waals surface area contributed by atoms with Gasteiger partial charge in [-0.15, -0.1) is 0 Å². The Hall–Kier alpha value is -5.99. The molecule has 0 aromatic heterocycles. The summed E-state index contributed by atoms with van der Waals surface area (Å²) in [5.74, 6) is 0. The van der Waals surface area contributed by atoms with Gasteiger partial charge >= 0.3 is 0 Å². The first-order chi connectivity index (χ1) is 28.6. The first-order valence-electron chi connectivity index (χ1n) is 21.0. The van der Waals surface area contributed by atoms with Crippen molar-refractivity contribution in [2.45, 2.75) is 83.1 Å². The number of fused-ring (bicyclic) bond motifs is 4. The highest BCUT2D eigenvalue weighted by atomic mass is 27.0. The van der Waals surface area contributed by atoms with Crippen LogP contribution in [0.5, 0.6) is 0 Å². The van der Waals surface area contributed by atoms with Crippen LogP contribution in [-0.4, -0.2) is 40.2 Å². The van der Waals surface area contributed by atoms with Gasteiger partial charge in [0.15, 0.2) is 17.4 Å². The summed E-state index contributed by atoms with van der Waals surface area (Å²) in [4.78, 5) is 21.8. The maximum Gasteiger partial charge on any atom is 0.187 e. The van der Waals surface area contributed by atoms with Gasteiger partial charge in [-0.25, -0.2) is 20.0 Å². The molecule has 4 aromatic rings. The van der Waals surface area contributed by atoms with E-state index in [0.29, 0.717) is 0 Å². The Morgan fingerprint density at radius 3 is 1.16 bits per heavy atom. The molecule has 5 aliphatic rings. The molecule has 9 rings (SSSR count). The second-order valence-corrected chi connectivity index (χ2v) is 17.5. The van der Waals surface area contributed by atoms with E-state index in [9.17, 15) is 0 Å². The minimum atomic E-state index is 0. The molecule has 0 fully saturated rings. The Morgan fingerprint density at radius 2 is 0.705 bits per heavy atom. The molecule has 61 heavy (non-hydrogen) atoms. The molecule has 0 saturated heterocycles. The molecule has 0 atom stereocenters. The molecule has 0 saturated carbocycles. The van der Waals surface area contributed by atoms with Crippen LogP contribution in [0.25, 0.3) is 22.3 Å². The maximum atomic E-state index is 5.93. The Labute approximate surface area is 372 Å². The van der Waals surface area contributed by atoms with Gasteiger partial charge in [-0.2, -0.15) is 0 Å². The predicted molar refractivity (Wildman–Crippen MR) is 267 cm³/mol. The highest BCUT2D eigenvalue weighted by Gasteiger charge is 2.36. The Kier molecular flexibility index (Phi) is 10.8. The van der Waals surface area contributed by atoms with Crippen molar-refractivity contribution in [2.24, 2.45) is 20.0 Å². The van der Waals surface area contributed by atoms with E-state index >= 15 is 0 Å². The van der Waals surface area contributed by atoms with Crippen LogP contribution in [0, 0.1) is 83.1 Å². The minimum absolute atomic E-state index is 0. The lowest BCUT2D eigenvalue weighted by atomic mass is 9.79. The van der Waals surface area contributed by atoms with Gasteiger partial charge in [0.25, 0.3) is 0 Å². The van der Waals surface area contributed by atoms with Crippen LogP contribution in [-0.2, 0) is 0 Å². The summed E-state index contributed by atoms with van der Waals surface area (Å²) >= 11 is 0. The molecule has 8 bridgehead atoms. The molecular weight excluding hydrogens is 756 g/mol. The van der Waals surface area contributed by atoms with Gasteiger partial charge in [-0.05, 0) is 198 Å². The number of aliphatic imine (C=N–C) groups is 4. The molecule has 0 amide bonds. The van der Waals surface area contributed by atoms with Crippen molar-refractivity contribution < 1.29 is 0 Å². The van der Waals surface area contributed by atoms with Gasteiger partial charge in [-0.3, -0.25) is 0 Å². The van der Waals surface area contributed by atoms with Gasteiger partial charge in [0.05, 0.1) is 45.6 Å².